The standard InChI is InChI=1S/C15H26N4O/c1-3-19(4-2)9-12(16)14-17-15(20-18-14)13-10-7-5-6-8-11(10)13/h10-13H,3-9,16H2,1-2H3. The SMILES string of the molecule is CCN(CC)CC(N)c1noc(C2C3CCCCC32)n1. The minimum atomic E-state index is -0.145. The molecule has 2 aliphatic carbocycles. The molecule has 0 aliphatic heterocycles. The van der Waals surface area contributed by atoms with Gasteiger partial charge < -0.3 is 15.2 Å². The molecule has 5 nitrogen and oxygen atoms in total. The van der Waals surface area contributed by atoms with Crippen molar-refractivity contribution in [3.05, 3.63) is 11.7 Å². The summed E-state index contributed by atoms with van der Waals surface area (Å²) in [4.78, 5) is 6.88. The van der Waals surface area contributed by atoms with E-state index in [0.29, 0.717) is 11.7 Å². The van der Waals surface area contributed by atoms with Crippen LogP contribution in [0.5, 0.6) is 0 Å². The maximum Gasteiger partial charge on any atom is 0.230 e. The van der Waals surface area contributed by atoms with Gasteiger partial charge in [0.25, 0.3) is 0 Å². The summed E-state index contributed by atoms with van der Waals surface area (Å²) in [6.07, 6.45) is 5.39. The highest BCUT2D eigenvalue weighted by atomic mass is 16.5. The normalized spacial score (nSPS) is 30.3. The second-order valence-corrected chi connectivity index (χ2v) is 6.22. The third-order valence-electron chi connectivity index (χ3n) is 5.08. The molecule has 112 valence electrons. The average molecular weight is 278 g/mol. The monoisotopic (exact) mass is 278 g/mol. The zero-order chi connectivity index (χ0) is 14.1. The molecule has 1 heterocycles. The molecule has 3 atom stereocenters. The van der Waals surface area contributed by atoms with Gasteiger partial charge in [-0.2, -0.15) is 4.98 Å². The first-order chi connectivity index (χ1) is 9.74. The van der Waals surface area contributed by atoms with Gasteiger partial charge in [0.1, 0.15) is 0 Å². The van der Waals surface area contributed by atoms with E-state index in [1.165, 1.54) is 25.7 Å². The van der Waals surface area contributed by atoms with Crippen LogP contribution in [0.4, 0.5) is 0 Å². The molecule has 2 saturated carbocycles. The van der Waals surface area contributed by atoms with Gasteiger partial charge in [-0.1, -0.05) is 31.8 Å². The van der Waals surface area contributed by atoms with Crippen molar-refractivity contribution in [2.75, 3.05) is 19.6 Å². The third kappa shape index (κ3) is 2.61. The lowest BCUT2D eigenvalue weighted by molar-refractivity contribution is 0.277. The number of nitrogens with zero attached hydrogens (tertiary/aromatic N) is 3. The summed E-state index contributed by atoms with van der Waals surface area (Å²) in [7, 11) is 0. The fourth-order valence-electron chi connectivity index (χ4n) is 3.73. The summed E-state index contributed by atoms with van der Waals surface area (Å²) < 4.78 is 5.49. The summed E-state index contributed by atoms with van der Waals surface area (Å²) in [5.41, 5.74) is 6.20. The van der Waals surface area contributed by atoms with E-state index in [9.17, 15) is 0 Å². The van der Waals surface area contributed by atoms with E-state index < -0.39 is 0 Å². The fourth-order valence-corrected chi connectivity index (χ4v) is 3.73. The van der Waals surface area contributed by atoms with Crippen molar-refractivity contribution in [3.63, 3.8) is 0 Å². The molecule has 0 saturated heterocycles. The van der Waals surface area contributed by atoms with E-state index >= 15 is 0 Å². The molecule has 0 spiro atoms. The number of nitrogens with two attached hydrogens (primary N) is 1. The minimum absolute atomic E-state index is 0.145. The lowest BCUT2D eigenvalue weighted by Gasteiger charge is -2.20. The summed E-state index contributed by atoms with van der Waals surface area (Å²) in [6, 6.07) is -0.145. The smallest absolute Gasteiger partial charge is 0.230 e. The van der Waals surface area contributed by atoms with Crippen LogP contribution in [-0.4, -0.2) is 34.7 Å². The minimum Gasteiger partial charge on any atom is -0.339 e. The molecule has 1 aromatic heterocycles. The Morgan fingerprint density at radius 2 is 1.90 bits per heavy atom. The van der Waals surface area contributed by atoms with Crippen LogP contribution in [0, 0.1) is 11.8 Å². The van der Waals surface area contributed by atoms with Crippen molar-refractivity contribution in [1.82, 2.24) is 15.0 Å². The summed E-state index contributed by atoms with van der Waals surface area (Å²) in [5, 5.41) is 4.12. The van der Waals surface area contributed by atoms with E-state index in [1.807, 2.05) is 0 Å². The fraction of sp³-hybridized carbons (Fsp3) is 0.867. The Bertz CT molecular complexity index is 431. The molecule has 5 heteroatoms. The highest BCUT2D eigenvalue weighted by Crippen LogP contribution is 2.60. The Morgan fingerprint density at radius 3 is 2.50 bits per heavy atom. The van der Waals surface area contributed by atoms with E-state index in [-0.39, 0.29) is 6.04 Å². The maximum absolute atomic E-state index is 6.20. The second-order valence-electron chi connectivity index (χ2n) is 6.22. The number of rotatable bonds is 6. The van der Waals surface area contributed by atoms with E-state index in [1.54, 1.807) is 0 Å². The lowest BCUT2D eigenvalue weighted by Crippen LogP contribution is -2.32. The zero-order valence-corrected chi connectivity index (χ0v) is 12.6. The Hall–Kier alpha value is -0.940. The molecule has 2 N–H and O–H groups in total. The highest BCUT2D eigenvalue weighted by Gasteiger charge is 2.54. The molecule has 2 aliphatic rings. The first kappa shape index (κ1) is 14.0. The average Bonchev–Trinajstić information content (AvgIpc) is 3.01. The highest BCUT2D eigenvalue weighted by molar-refractivity contribution is 5.15. The van der Waals surface area contributed by atoms with Crippen LogP contribution in [-0.2, 0) is 0 Å². The molecular formula is C15H26N4O. The van der Waals surface area contributed by atoms with Crippen molar-refractivity contribution in [2.45, 2.75) is 51.5 Å². The number of aromatic nitrogens is 2. The van der Waals surface area contributed by atoms with Gasteiger partial charge in [-0.15, -0.1) is 0 Å². The largest absolute Gasteiger partial charge is 0.339 e. The van der Waals surface area contributed by atoms with Gasteiger partial charge in [-0.25, -0.2) is 0 Å². The van der Waals surface area contributed by atoms with Gasteiger partial charge in [0.2, 0.25) is 5.89 Å². The van der Waals surface area contributed by atoms with E-state index in [4.69, 9.17) is 10.3 Å². The Kier molecular flexibility index (Phi) is 4.08. The number of fused-ring (bicyclic) bond motifs is 1. The van der Waals surface area contributed by atoms with Gasteiger partial charge in [0, 0.05) is 12.5 Å². The van der Waals surface area contributed by atoms with Gasteiger partial charge in [0.05, 0.1) is 6.04 Å². The van der Waals surface area contributed by atoms with Crippen LogP contribution in [0.3, 0.4) is 0 Å². The summed E-state index contributed by atoms with van der Waals surface area (Å²) in [6.45, 7) is 7.09. The van der Waals surface area contributed by atoms with Crippen LogP contribution < -0.4 is 5.73 Å². The quantitative estimate of drug-likeness (QED) is 0.865. The van der Waals surface area contributed by atoms with Crippen LogP contribution in [0.25, 0.3) is 0 Å². The first-order valence-electron chi connectivity index (χ1n) is 8.06. The van der Waals surface area contributed by atoms with Crippen molar-refractivity contribution in [3.8, 4) is 0 Å². The van der Waals surface area contributed by atoms with Crippen LogP contribution >= 0.6 is 0 Å². The molecular weight excluding hydrogens is 252 g/mol. The number of likely N-dealkylation sites (N-methyl/N-ethyl adjacent to an activating group) is 1. The molecule has 1 aromatic rings. The number of hydrogen-bond acceptors (Lipinski definition) is 5. The van der Waals surface area contributed by atoms with Crippen LogP contribution in [0.2, 0.25) is 0 Å². The topological polar surface area (TPSA) is 68.2 Å². The second kappa shape index (κ2) is 5.82. The van der Waals surface area contributed by atoms with Crippen LogP contribution in [0.15, 0.2) is 4.52 Å². The van der Waals surface area contributed by atoms with Crippen molar-refractivity contribution >= 4 is 0 Å². The summed E-state index contributed by atoms with van der Waals surface area (Å²) >= 11 is 0. The molecule has 0 bridgehead atoms. The molecule has 20 heavy (non-hydrogen) atoms. The van der Waals surface area contributed by atoms with Crippen LogP contribution in [0.1, 0.15) is 63.2 Å². The third-order valence-corrected chi connectivity index (χ3v) is 5.08. The Balaban J connectivity index is 1.62. The predicted molar refractivity (Wildman–Crippen MR) is 77.2 cm³/mol. The Morgan fingerprint density at radius 1 is 1.25 bits per heavy atom. The van der Waals surface area contributed by atoms with E-state index in [0.717, 1.165) is 37.4 Å². The molecule has 0 radical (unpaired) electrons. The first-order valence-corrected chi connectivity index (χ1v) is 8.06. The van der Waals surface area contributed by atoms with Gasteiger partial charge in [0.15, 0.2) is 5.82 Å². The van der Waals surface area contributed by atoms with Gasteiger partial charge >= 0.3 is 0 Å². The van der Waals surface area contributed by atoms with Crippen molar-refractivity contribution in [2.24, 2.45) is 17.6 Å². The van der Waals surface area contributed by atoms with Crippen molar-refractivity contribution in [1.29, 1.82) is 0 Å². The van der Waals surface area contributed by atoms with Gasteiger partial charge in [-0.05, 0) is 37.8 Å². The number of hydrogen-bond donors (Lipinski definition) is 1. The maximum atomic E-state index is 6.20. The van der Waals surface area contributed by atoms with Crippen molar-refractivity contribution < 1.29 is 4.52 Å². The molecule has 3 unspecified atom stereocenters. The summed E-state index contributed by atoms with van der Waals surface area (Å²) in [5.74, 6) is 3.65. The van der Waals surface area contributed by atoms with E-state index in [2.05, 4.69) is 28.9 Å². The zero-order valence-electron chi connectivity index (χ0n) is 12.6. The predicted octanol–water partition coefficient (Wildman–Crippen LogP) is 2.31. The lowest BCUT2D eigenvalue weighted by atomic mass is 10.0. The van der Waals surface area contributed by atoms with Gasteiger partial charge in [-0.3, -0.25) is 0 Å². The molecule has 0 amide bonds. The Labute approximate surface area is 120 Å². The molecule has 2 fully saturated rings. The molecule has 3 rings (SSSR count). The molecule has 0 aromatic carbocycles.